The van der Waals surface area contributed by atoms with Crippen molar-refractivity contribution in [2.75, 3.05) is 31.0 Å². The largest absolute Gasteiger partial charge is 0.379 e. The molecule has 3 rings (SSSR count). The van der Waals surface area contributed by atoms with E-state index < -0.39 is 10.0 Å². The summed E-state index contributed by atoms with van der Waals surface area (Å²) < 4.78 is 33.3. The van der Waals surface area contributed by atoms with Crippen molar-refractivity contribution in [2.45, 2.75) is 11.4 Å². The third kappa shape index (κ3) is 4.65. The van der Waals surface area contributed by atoms with Gasteiger partial charge in [-0.25, -0.2) is 8.42 Å². The SMILES string of the molecule is O=S(=O)(Nc1ccccc1CN1CCOCC1)c1ccc(Cl)c(Cl)c1. The van der Waals surface area contributed by atoms with Crippen molar-refractivity contribution in [3.8, 4) is 0 Å². The van der Waals surface area contributed by atoms with E-state index >= 15 is 0 Å². The van der Waals surface area contributed by atoms with Gasteiger partial charge in [0.1, 0.15) is 0 Å². The minimum absolute atomic E-state index is 0.0723. The van der Waals surface area contributed by atoms with E-state index in [-0.39, 0.29) is 9.92 Å². The van der Waals surface area contributed by atoms with Crippen LogP contribution in [0.4, 0.5) is 5.69 Å². The van der Waals surface area contributed by atoms with Gasteiger partial charge in [0.15, 0.2) is 0 Å². The summed E-state index contributed by atoms with van der Waals surface area (Å²) in [6.45, 7) is 3.69. The van der Waals surface area contributed by atoms with Crippen LogP contribution in [0.3, 0.4) is 0 Å². The van der Waals surface area contributed by atoms with Crippen molar-refractivity contribution >= 4 is 38.9 Å². The zero-order valence-corrected chi connectivity index (χ0v) is 15.7. The average molecular weight is 401 g/mol. The molecule has 0 atom stereocenters. The van der Waals surface area contributed by atoms with Crippen molar-refractivity contribution in [3.63, 3.8) is 0 Å². The van der Waals surface area contributed by atoms with E-state index in [2.05, 4.69) is 9.62 Å². The fourth-order valence-electron chi connectivity index (χ4n) is 2.61. The van der Waals surface area contributed by atoms with Gasteiger partial charge in [0, 0.05) is 19.6 Å². The van der Waals surface area contributed by atoms with Crippen LogP contribution in [0.15, 0.2) is 47.4 Å². The third-order valence-electron chi connectivity index (χ3n) is 3.96. The molecule has 134 valence electrons. The minimum atomic E-state index is -3.75. The number of rotatable bonds is 5. The highest BCUT2D eigenvalue weighted by molar-refractivity contribution is 7.92. The number of benzene rings is 2. The standard InChI is InChI=1S/C17H18Cl2N2O3S/c18-15-6-5-14(11-16(15)19)25(22,23)20-17-4-2-1-3-13(17)12-21-7-9-24-10-8-21/h1-6,11,20H,7-10,12H2. The van der Waals surface area contributed by atoms with Gasteiger partial charge >= 0.3 is 0 Å². The van der Waals surface area contributed by atoms with E-state index in [1.807, 2.05) is 12.1 Å². The maximum atomic E-state index is 12.7. The summed E-state index contributed by atoms with van der Waals surface area (Å²) in [7, 11) is -3.75. The Morgan fingerprint density at radius 3 is 2.48 bits per heavy atom. The van der Waals surface area contributed by atoms with Gasteiger partial charge in [-0.1, -0.05) is 41.4 Å². The molecule has 1 aliphatic rings. The van der Waals surface area contributed by atoms with Gasteiger partial charge in [0.05, 0.1) is 33.8 Å². The number of sulfonamides is 1. The molecule has 1 N–H and O–H groups in total. The van der Waals surface area contributed by atoms with Crippen LogP contribution in [0.25, 0.3) is 0 Å². The first-order valence-corrected chi connectivity index (χ1v) is 10.1. The first-order valence-electron chi connectivity index (χ1n) is 7.81. The number of ether oxygens (including phenoxy) is 1. The van der Waals surface area contributed by atoms with Crippen LogP contribution in [0.1, 0.15) is 5.56 Å². The van der Waals surface area contributed by atoms with Crippen molar-refractivity contribution in [1.29, 1.82) is 0 Å². The van der Waals surface area contributed by atoms with Gasteiger partial charge in [0.2, 0.25) is 0 Å². The number of halogens is 2. The van der Waals surface area contributed by atoms with Crippen molar-refractivity contribution in [3.05, 3.63) is 58.1 Å². The molecule has 2 aromatic rings. The second kappa shape index (κ2) is 7.93. The topological polar surface area (TPSA) is 58.6 Å². The van der Waals surface area contributed by atoms with Gasteiger partial charge in [-0.2, -0.15) is 0 Å². The van der Waals surface area contributed by atoms with Crippen LogP contribution in [0.2, 0.25) is 10.0 Å². The highest BCUT2D eigenvalue weighted by Crippen LogP contribution is 2.27. The Kier molecular flexibility index (Phi) is 5.86. The number of anilines is 1. The maximum absolute atomic E-state index is 12.7. The molecule has 0 saturated carbocycles. The number of nitrogens with one attached hydrogen (secondary N) is 1. The second-order valence-electron chi connectivity index (χ2n) is 5.73. The molecule has 0 spiro atoms. The fourth-order valence-corrected chi connectivity index (χ4v) is 4.10. The number of hydrogen-bond acceptors (Lipinski definition) is 4. The van der Waals surface area contributed by atoms with Gasteiger partial charge in [-0.15, -0.1) is 0 Å². The molecule has 25 heavy (non-hydrogen) atoms. The zero-order chi connectivity index (χ0) is 17.9. The normalized spacial score (nSPS) is 15.9. The summed E-state index contributed by atoms with van der Waals surface area (Å²) in [5.74, 6) is 0. The molecule has 8 heteroatoms. The Labute approximate surface area is 157 Å². The second-order valence-corrected chi connectivity index (χ2v) is 8.22. The molecule has 0 unspecified atom stereocenters. The highest BCUT2D eigenvalue weighted by atomic mass is 35.5. The van der Waals surface area contributed by atoms with Gasteiger partial charge in [0.25, 0.3) is 10.0 Å². The van der Waals surface area contributed by atoms with Crippen molar-refractivity contribution in [2.24, 2.45) is 0 Å². The summed E-state index contributed by atoms with van der Waals surface area (Å²) in [6.07, 6.45) is 0. The summed E-state index contributed by atoms with van der Waals surface area (Å²) in [5, 5.41) is 0.513. The first-order chi connectivity index (χ1) is 12.0. The van der Waals surface area contributed by atoms with E-state index in [1.54, 1.807) is 12.1 Å². The Bertz CT molecular complexity index is 853. The Balaban J connectivity index is 1.83. The van der Waals surface area contributed by atoms with E-state index in [0.29, 0.717) is 30.5 Å². The molecule has 0 radical (unpaired) electrons. The summed E-state index contributed by atoms with van der Waals surface area (Å²) in [6, 6.07) is 11.6. The Hall–Kier alpha value is -1.31. The summed E-state index contributed by atoms with van der Waals surface area (Å²) in [4.78, 5) is 2.30. The van der Waals surface area contributed by atoms with Crippen LogP contribution in [0.5, 0.6) is 0 Å². The molecule has 5 nitrogen and oxygen atoms in total. The predicted molar refractivity (Wildman–Crippen MR) is 99.8 cm³/mol. The van der Waals surface area contributed by atoms with E-state index in [9.17, 15) is 8.42 Å². The van der Waals surface area contributed by atoms with Crippen LogP contribution in [-0.2, 0) is 21.3 Å². The lowest BCUT2D eigenvalue weighted by atomic mass is 10.1. The van der Waals surface area contributed by atoms with Crippen LogP contribution in [-0.4, -0.2) is 39.6 Å². The van der Waals surface area contributed by atoms with Gasteiger partial charge in [-0.3, -0.25) is 9.62 Å². The average Bonchev–Trinajstić information content (AvgIpc) is 2.60. The van der Waals surface area contributed by atoms with E-state index in [1.165, 1.54) is 18.2 Å². The molecule has 1 saturated heterocycles. The predicted octanol–water partition coefficient (Wildman–Crippen LogP) is 3.63. The molecule has 2 aromatic carbocycles. The Morgan fingerprint density at radius 2 is 1.76 bits per heavy atom. The molecule has 1 heterocycles. The van der Waals surface area contributed by atoms with Gasteiger partial charge in [-0.05, 0) is 29.8 Å². The number of morpholine rings is 1. The lowest BCUT2D eigenvalue weighted by Gasteiger charge is -2.27. The summed E-state index contributed by atoms with van der Waals surface area (Å²) >= 11 is 11.8. The molecular weight excluding hydrogens is 383 g/mol. The van der Waals surface area contributed by atoms with Crippen molar-refractivity contribution in [1.82, 2.24) is 4.90 Å². The van der Waals surface area contributed by atoms with Crippen LogP contribution >= 0.6 is 23.2 Å². The maximum Gasteiger partial charge on any atom is 0.261 e. The monoisotopic (exact) mass is 400 g/mol. The lowest BCUT2D eigenvalue weighted by Crippen LogP contribution is -2.35. The van der Waals surface area contributed by atoms with Crippen LogP contribution < -0.4 is 4.72 Å². The molecule has 0 bridgehead atoms. The smallest absolute Gasteiger partial charge is 0.261 e. The van der Waals surface area contributed by atoms with E-state index in [4.69, 9.17) is 27.9 Å². The molecule has 0 aromatic heterocycles. The van der Waals surface area contributed by atoms with Crippen LogP contribution in [0, 0.1) is 0 Å². The number of hydrogen-bond donors (Lipinski definition) is 1. The van der Waals surface area contributed by atoms with E-state index in [0.717, 1.165) is 18.7 Å². The lowest BCUT2D eigenvalue weighted by molar-refractivity contribution is 0.0343. The molecule has 1 aliphatic heterocycles. The highest BCUT2D eigenvalue weighted by Gasteiger charge is 2.19. The molecule has 0 amide bonds. The summed E-state index contributed by atoms with van der Waals surface area (Å²) in [5.41, 5.74) is 1.47. The van der Waals surface area contributed by atoms with Gasteiger partial charge < -0.3 is 4.74 Å². The molecule has 1 fully saturated rings. The minimum Gasteiger partial charge on any atom is -0.379 e. The quantitative estimate of drug-likeness (QED) is 0.832. The molecule has 0 aliphatic carbocycles. The van der Waals surface area contributed by atoms with Crippen molar-refractivity contribution < 1.29 is 13.2 Å². The Morgan fingerprint density at radius 1 is 1.04 bits per heavy atom. The zero-order valence-electron chi connectivity index (χ0n) is 13.4. The number of para-hydroxylation sites is 1. The first kappa shape index (κ1) is 18.5. The molecular formula is C17H18Cl2N2O3S. The fraction of sp³-hybridized carbons (Fsp3) is 0.294. The third-order valence-corrected chi connectivity index (χ3v) is 6.06. The number of nitrogens with zero attached hydrogens (tertiary/aromatic N) is 1.